The van der Waals surface area contributed by atoms with Crippen molar-refractivity contribution in [3.8, 4) is 0 Å². The monoisotopic (exact) mass is 350 g/mol. The molecule has 1 aliphatic carbocycles. The Balaban J connectivity index is 1.57. The summed E-state index contributed by atoms with van der Waals surface area (Å²) in [5.74, 6) is 0.474. The van der Waals surface area contributed by atoms with Gasteiger partial charge >= 0.3 is 0 Å². The molecule has 1 aromatic heterocycles. The summed E-state index contributed by atoms with van der Waals surface area (Å²) in [5.41, 5.74) is 1.08. The fourth-order valence-electron chi connectivity index (χ4n) is 3.18. The SMILES string of the molecule is CCN(CC)C(=O)CN1CCc2nc(NC(=O)C3CCC3)sc2C1. The van der Waals surface area contributed by atoms with E-state index in [1.165, 1.54) is 4.88 Å². The van der Waals surface area contributed by atoms with E-state index < -0.39 is 0 Å². The lowest BCUT2D eigenvalue weighted by Gasteiger charge is -2.28. The fraction of sp³-hybridized carbons (Fsp3) is 0.706. The number of likely N-dealkylation sites (N-methyl/N-ethyl adjacent to an activating group) is 1. The highest BCUT2D eigenvalue weighted by molar-refractivity contribution is 7.15. The van der Waals surface area contributed by atoms with Crippen molar-refractivity contribution in [1.82, 2.24) is 14.8 Å². The standard InChI is InChI=1S/C17H26N4O2S/c1-3-21(4-2)15(22)11-20-9-8-13-14(10-20)24-17(18-13)19-16(23)12-6-5-7-12/h12H,3-11H2,1-2H3,(H,18,19,23). The zero-order valence-electron chi connectivity index (χ0n) is 14.5. The Hall–Kier alpha value is -1.47. The molecule has 3 rings (SSSR count). The van der Waals surface area contributed by atoms with Gasteiger partial charge in [0.15, 0.2) is 5.13 Å². The molecule has 0 unspecified atom stereocenters. The number of fused-ring (bicyclic) bond motifs is 1. The van der Waals surface area contributed by atoms with E-state index in [2.05, 4.69) is 15.2 Å². The maximum Gasteiger partial charge on any atom is 0.236 e. The minimum absolute atomic E-state index is 0.112. The number of aromatic nitrogens is 1. The summed E-state index contributed by atoms with van der Waals surface area (Å²) in [5, 5.41) is 3.68. The van der Waals surface area contributed by atoms with Crippen LogP contribution in [-0.4, -0.2) is 52.8 Å². The van der Waals surface area contributed by atoms with Gasteiger partial charge in [-0.3, -0.25) is 14.5 Å². The Bertz CT molecular complexity index is 608. The fourth-order valence-corrected chi connectivity index (χ4v) is 4.24. The smallest absolute Gasteiger partial charge is 0.236 e. The lowest BCUT2D eigenvalue weighted by Crippen LogP contribution is -2.41. The van der Waals surface area contributed by atoms with E-state index >= 15 is 0 Å². The van der Waals surface area contributed by atoms with Gasteiger partial charge < -0.3 is 10.2 Å². The number of carbonyl (C=O) groups is 2. The molecule has 0 atom stereocenters. The summed E-state index contributed by atoms with van der Waals surface area (Å²) in [6.07, 6.45) is 4.00. The van der Waals surface area contributed by atoms with Crippen LogP contribution in [0.3, 0.4) is 0 Å². The van der Waals surface area contributed by atoms with Crippen molar-refractivity contribution in [3.05, 3.63) is 10.6 Å². The molecule has 2 aliphatic rings. The molecular formula is C17H26N4O2S. The Morgan fingerprint density at radius 3 is 2.71 bits per heavy atom. The number of anilines is 1. The molecule has 1 aromatic rings. The van der Waals surface area contributed by atoms with Gasteiger partial charge in [0.2, 0.25) is 11.8 Å². The normalized spacial score (nSPS) is 17.9. The summed E-state index contributed by atoms with van der Waals surface area (Å²) in [4.78, 5) is 34.1. The second kappa shape index (κ2) is 7.61. The molecule has 6 nitrogen and oxygen atoms in total. The van der Waals surface area contributed by atoms with E-state index in [0.29, 0.717) is 11.7 Å². The average Bonchev–Trinajstić information content (AvgIpc) is 2.87. The average molecular weight is 350 g/mol. The largest absolute Gasteiger partial charge is 0.342 e. The summed E-state index contributed by atoms with van der Waals surface area (Å²) in [6, 6.07) is 0. The molecule has 0 spiro atoms. The lowest BCUT2D eigenvalue weighted by atomic mass is 9.85. The zero-order chi connectivity index (χ0) is 17.1. The zero-order valence-corrected chi connectivity index (χ0v) is 15.3. The van der Waals surface area contributed by atoms with E-state index in [0.717, 1.165) is 57.6 Å². The van der Waals surface area contributed by atoms with E-state index in [-0.39, 0.29) is 17.7 Å². The number of thiazole rings is 1. The van der Waals surface area contributed by atoms with Crippen LogP contribution < -0.4 is 5.32 Å². The van der Waals surface area contributed by atoms with Crippen molar-refractivity contribution < 1.29 is 9.59 Å². The van der Waals surface area contributed by atoms with E-state index in [1.54, 1.807) is 11.3 Å². The van der Waals surface area contributed by atoms with Gasteiger partial charge in [0.1, 0.15) is 0 Å². The lowest BCUT2D eigenvalue weighted by molar-refractivity contribution is -0.132. The predicted molar refractivity (Wildman–Crippen MR) is 95.0 cm³/mol. The molecule has 2 amide bonds. The molecule has 2 heterocycles. The van der Waals surface area contributed by atoms with Crippen LogP contribution in [-0.2, 0) is 22.6 Å². The molecule has 1 fully saturated rings. The van der Waals surface area contributed by atoms with Crippen molar-refractivity contribution >= 4 is 28.3 Å². The van der Waals surface area contributed by atoms with Crippen molar-refractivity contribution in [1.29, 1.82) is 0 Å². The second-order valence-electron chi connectivity index (χ2n) is 6.53. The highest BCUT2D eigenvalue weighted by Crippen LogP contribution is 2.31. The van der Waals surface area contributed by atoms with Crippen LogP contribution in [0.25, 0.3) is 0 Å². The first kappa shape index (κ1) is 17.4. The molecule has 132 valence electrons. The van der Waals surface area contributed by atoms with Gasteiger partial charge in [0.05, 0.1) is 12.2 Å². The van der Waals surface area contributed by atoms with Crippen molar-refractivity contribution in [2.75, 3.05) is 31.5 Å². The maximum absolute atomic E-state index is 12.3. The highest BCUT2D eigenvalue weighted by atomic mass is 32.1. The number of hydrogen-bond acceptors (Lipinski definition) is 5. The van der Waals surface area contributed by atoms with Gasteiger partial charge in [0.25, 0.3) is 0 Å². The molecule has 0 aromatic carbocycles. The van der Waals surface area contributed by atoms with Gasteiger partial charge in [-0.1, -0.05) is 6.42 Å². The summed E-state index contributed by atoms with van der Waals surface area (Å²) < 4.78 is 0. The first-order chi connectivity index (χ1) is 11.6. The van der Waals surface area contributed by atoms with Crippen LogP contribution in [0.1, 0.15) is 43.7 Å². The summed E-state index contributed by atoms with van der Waals surface area (Å²) in [6.45, 7) is 7.59. The third-order valence-corrected chi connectivity index (χ3v) is 5.99. The molecule has 1 N–H and O–H groups in total. The Morgan fingerprint density at radius 2 is 2.08 bits per heavy atom. The maximum atomic E-state index is 12.3. The number of rotatable bonds is 6. The molecule has 0 radical (unpaired) electrons. The predicted octanol–water partition coefficient (Wildman–Crippen LogP) is 2.11. The van der Waals surface area contributed by atoms with Gasteiger partial charge in [-0.2, -0.15) is 0 Å². The molecular weight excluding hydrogens is 324 g/mol. The topological polar surface area (TPSA) is 65.5 Å². The van der Waals surface area contributed by atoms with E-state index in [1.807, 2.05) is 18.7 Å². The molecule has 0 bridgehead atoms. The molecule has 7 heteroatoms. The molecule has 0 saturated heterocycles. The number of nitrogens with one attached hydrogen (secondary N) is 1. The van der Waals surface area contributed by atoms with Crippen LogP contribution in [0.15, 0.2) is 0 Å². The van der Waals surface area contributed by atoms with E-state index in [4.69, 9.17) is 0 Å². The van der Waals surface area contributed by atoms with Crippen LogP contribution in [0.5, 0.6) is 0 Å². The van der Waals surface area contributed by atoms with Crippen LogP contribution in [0, 0.1) is 5.92 Å². The number of nitrogens with zero attached hydrogens (tertiary/aromatic N) is 3. The molecule has 1 aliphatic heterocycles. The quantitative estimate of drug-likeness (QED) is 0.853. The van der Waals surface area contributed by atoms with Crippen molar-refractivity contribution in [2.24, 2.45) is 5.92 Å². The number of amides is 2. The summed E-state index contributed by atoms with van der Waals surface area (Å²) in [7, 11) is 0. The molecule has 1 saturated carbocycles. The first-order valence-electron chi connectivity index (χ1n) is 8.90. The Morgan fingerprint density at radius 1 is 1.33 bits per heavy atom. The highest BCUT2D eigenvalue weighted by Gasteiger charge is 2.27. The van der Waals surface area contributed by atoms with Crippen LogP contribution >= 0.6 is 11.3 Å². The summed E-state index contributed by atoms with van der Waals surface area (Å²) >= 11 is 1.56. The van der Waals surface area contributed by atoms with Gasteiger partial charge in [-0.25, -0.2) is 4.98 Å². The van der Waals surface area contributed by atoms with Gasteiger partial charge in [-0.15, -0.1) is 11.3 Å². The second-order valence-corrected chi connectivity index (χ2v) is 7.62. The Kier molecular flexibility index (Phi) is 5.50. The third-order valence-electron chi connectivity index (χ3n) is 4.99. The third kappa shape index (κ3) is 3.78. The molecule has 24 heavy (non-hydrogen) atoms. The van der Waals surface area contributed by atoms with Gasteiger partial charge in [0, 0.05) is 43.4 Å². The Labute approximate surface area is 147 Å². The minimum atomic E-state index is 0.112. The van der Waals surface area contributed by atoms with Crippen LogP contribution in [0.4, 0.5) is 5.13 Å². The van der Waals surface area contributed by atoms with Crippen molar-refractivity contribution in [3.63, 3.8) is 0 Å². The minimum Gasteiger partial charge on any atom is -0.342 e. The van der Waals surface area contributed by atoms with Crippen molar-refractivity contribution in [2.45, 2.75) is 46.1 Å². The number of hydrogen-bond donors (Lipinski definition) is 1. The van der Waals surface area contributed by atoms with Gasteiger partial charge in [-0.05, 0) is 26.7 Å². The first-order valence-corrected chi connectivity index (χ1v) is 9.71. The van der Waals surface area contributed by atoms with E-state index in [9.17, 15) is 9.59 Å². The number of carbonyl (C=O) groups excluding carboxylic acids is 2. The van der Waals surface area contributed by atoms with Crippen LogP contribution in [0.2, 0.25) is 0 Å².